The second-order valence-corrected chi connectivity index (χ2v) is 5.09. The number of nitrogens with zero attached hydrogens (tertiary/aromatic N) is 5. The Morgan fingerprint density at radius 2 is 2.25 bits per heavy atom. The number of rotatable bonds is 4. The first-order valence-corrected chi connectivity index (χ1v) is 6.62. The van der Waals surface area contributed by atoms with E-state index in [2.05, 4.69) is 10.3 Å². The van der Waals surface area contributed by atoms with Crippen LogP contribution in [0.25, 0.3) is 0 Å². The van der Waals surface area contributed by atoms with Gasteiger partial charge in [0.05, 0.1) is 11.9 Å². The van der Waals surface area contributed by atoms with Crippen molar-refractivity contribution in [2.24, 2.45) is 5.73 Å². The molecule has 1 unspecified atom stereocenters. The number of amides is 2. The Hall–Kier alpha value is -1.96. The molecule has 8 heteroatoms. The fraction of sp³-hybridized carbons (Fsp3) is 0.667. The van der Waals surface area contributed by atoms with E-state index in [4.69, 9.17) is 5.73 Å². The molecular formula is C12H20N6O2. The predicted molar refractivity (Wildman–Crippen MR) is 71.3 cm³/mol. The molecule has 2 amide bonds. The molecule has 1 aromatic rings. The minimum Gasteiger partial charge on any atom is -0.347 e. The number of aromatic nitrogens is 3. The van der Waals surface area contributed by atoms with Gasteiger partial charge in [-0.2, -0.15) is 0 Å². The summed E-state index contributed by atoms with van der Waals surface area (Å²) in [5, 5.41) is 7.69. The Balaban J connectivity index is 2.02. The van der Waals surface area contributed by atoms with E-state index >= 15 is 0 Å². The zero-order valence-corrected chi connectivity index (χ0v) is 11.8. The zero-order valence-electron chi connectivity index (χ0n) is 11.8. The third kappa shape index (κ3) is 2.96. The molecule has 0 spiro atoms. The van der Waals surface area contributed by atoms with Crippen LogP contribution in [-0.2, 0) is 22.7 Å². The molecule has 20 heavy (non-hydrogen) atoms. The molecule has 1 saturated heterocycles. The van der Waals surface area contributed by atoms with Crippen LogP contribution in [0, 0.1) is 0 Å². The molecule has 8 nitrogen and oxygen atoms in total. The first-order valence-electron chi connectivity index (χ1n) is 6.62. The monoisotopic (exact) mass is 280 g/mol. The van der Waals surface area contributed by atoms with Gasteiger partial charge in [0.15, 0.2) is 0 Å². The van der Waals surface area contributed by atoms with Crippen molar-refractivity contribution in [1.82, 2.24) is 24.8 Å². The third-order valence-corrected chi connectivity index (χ3v) is 3.39. The van der Waals surface area contributed by atoms with E-state index in [-0.39, 0.29) is 24.4 Å². The van der Waals surface area contributed by atoms with Crippen molar-refractivity contribution in [2.75, 3.05) is 20.6 Å². The number of likely N-dealkylation sites (N-methyl/N-ethyl adjacent to an activating group) is 1. The normalized spacial score (nSPS) is 18.4. The van der Waals surface area contributed by atoms with Gasteiger partial charge in [-0.3, -0.25) is 9.59 Å². The van der Waals surface area contributed by atoms with Crippen LogP contribution in [0.5, 0.6) is 0 Å². The van der Waals surface area contributed by atoms with Gasteiger partial charge in [-0.1, -0.05) is 5.21 Å². The molecule has 0 aromatic carbocycles. The molecule has 110 valence electrons. The van der Waals surface area contributed by atoms with Crippen molar-refractivity contribution in [3.05, 3.63) is 11.9 Å². The van der Waals surface area contributed by atoms with Crippen LogP contribution in [0.3, 0.4) is 0 Å². The number of carbonyl (C=O) groups is 2. The Bertz CT molecular complexity index is 498. The summed E-state index contributed by atoms with van der Waals surface area (Å²) in [5.74, 6) is -0.145. The predicted octanol–water partition coefficient (Wildman–Crippen LogP) is -1.18. The van der Waals surface area contributed by atoms with E-state index in [1.165, 1.54) is 9.58 Å². The number of hydrogen-bond acceptors (Lipinski definition) is 5. The lowest BCUT2D eigenvalue weighted by atomic mass is 10.2. The highest BCUT2D eigenvalue weighted by Gasteiger charge is 2.34. The summed E-state index contributed by atoms with van der Waals surface area (Å²) in [6, 6.07) is -0.352. The molecule has 1 aromatic heterocycles. The van der Waals surface area contributed by atoms with Crippen molar-refractivity contribution < 1.29 is 9.59 Å². The summed E-state index contributed by atoms with van der Waals surface area (Å²) in [5.41, 5.74) is 6.09. The molecule has 0 radical (unpaired) electrons. The Morgan fingerprint density at radius 3 is 2.85 bits per heavy atom. The smallest absolute Gasteiger partial charge is 0.245 e. The second kappa shape index (κ2) is 6.00. The average Bonchev–Trinajstić information content (AvgIpc) is 3.05. The summed E-state index contributed by atoms with van der Waals surface area (Å²) in [6.07, 6.45) is 3.21. The van der Waals surface area contributed by atoms with Gasteiger partial charge < -0.3 is 15.5 Å². The highest BCUT2D eigenvalue weighted by atomic mass is 16.2. The molecule has 0 saturated carbocycles. The summed E-state index contributed by atoms with van der Waals surface area (Å²) in [7, 11) is 3.41. The lowest BCUT2D eigenvalue weighted by Crippen LogP contribution is -2.46. The fourth-order valence-electron chi connectivity index (χ4n) is 2.36. The van der Waals surface area contributed by atoms with Crippen LogP contribution in [0.2, 0.25) is 0 Å². The van der Waals surface area contributed by atoms with Crippen molar-refractivity contribution in [2.45, 2.75) is 32.0 Å². The molecule has 2 heterocycles. The quantitative estimate of drug-likeness (QED) is 0.748. The molecular weight excluding hydrogens is 260 g/mol. The van der Waals surface area contributed by atoms with E-state index in [0.29, 0.717) is 25.2 Å². The zero-order chi connectivity index (χ0) is 14.7. The Kier molecular flexibility index (Phi) is 4.33. The van der Waals surface area contributed by atoms with E-state index < -0.39 is 0 Å². The van der Waals surface area contributed by atoms with Crippen LogP contribution < -0.4 is 5.73 Å². The maximum atomic E-state index is 12.3. The van der Waals surface area contributed by atoms with Crippen LogP contribution in [0.4, 0.5) is 0 Å². The van der Waals surface area contributed by atoms with Crippen LogP contribution >= 0.6 is 0 Å². The van der Waals surface area contributed by atoms with E-state index in [1.54, 1.807) is 25.2 Å². The number of hydrogen-bond donors (Lipinski definition) is 1. The van der Waals surface area contributed by atoms with Gasteiger partial charge >= 0.3 is 0 Å². The molecule has 0 aliphatic carbocycles. The fourth-order valence-corrected chi connectivity index (χ4v) is 2.36. The maximum absolute atomic E-state index is 12.3. The van der Waals surface area contributed by atoms with Crippen molar-refractivity contribution in [3.63, 3.8) is 0 Å². The molecule has 1 aliphatic heterocycles. The minimum atomic E-state index is -0.352. The summed E-state index contributed by atoms with van der Waals surface area (Å²) >= 11 is 0. The van der Waals surface area contributed by atoms with Gasteiger partial charge in [0.2, 0.25) is 11.8 Å². The number of carbonyl (C=O) groups excluding carboxylic acids is 2. The van der Waals surface area contributed by atoms with Crippen molar-refractivity contribution in [1.29, 1.82) is 0 Å². The van der Waals surface area contributed by atoms with Crippen LogP contribution in [-0.4, -0.2) is 63.3 Å². The molecule has 1 atom stereocenters. The van der Waals surface area contributed by atoms with E-state index in [1.807, 2.05) is 0 Å². The third-order valence-electron chi connectivity index (χ3n) is 3.39. The van der Waals surface area contributed by atoms with Crippen LogP contribution in [0.1, 0.15) is 18.5 Å². The molecule has 2 rings (SSSR count). The van der Waals surface area contributed by atoms with Crippen molar-refractivity contribution >= 4 is 11.8 Å². The molecule has 1 fully saturated rings. The summed E-state index contributed by atoms with van der Waals surface area (Å²) in [4.78, 5) is 27.5. The van der Waals surface area contributed by atoms with Gasteiger partial charge in [0.1, 0.15) is 12.6 Å². The number of likely N-dealkylation sites (tertiary alicyclic amines) is 1. The summed E-state index contributed by atoms with van der Waals surface area (Å²) in [6.45, 7) is 0.991. The minimum absolute atomic E-state index is 0.0305. The topological polar surface area (TPSA) is 97.4 Å². The molecule has 1 aliphatic rings. The van der Waals surface area contributed by atoms with Gasteiger partial charge in [-0.15, -0.1) is 5.10 Å². The van der Waals surface area contributed by atoms with E-state index in [9.17, 15) is 9.59 Å². The first-order chi connectivity index (χ1) is 9.52. The van der Waals surface area contributed by atoms with Crippen molar-refractivity contribution in [3.8, 4) is 0 Å². The van der Waals surface area contributed by atoms with Gasteiger partial charge in [0.25, 0.3) is 0 Å². The van der Waals surface area contributed by atoms with Gasteiger partial charge in [-0.05, 0) is 12.8 Å². The largest absolute Gasteiger partial charge is 0.347 e. The summed E-state index contributed by atoms with van der Waals surface area (Å²) < 4.78 is 1.46. The highest BCUT2D eigenvalue weighted by Crippen LogP contribution is 2.19. The standard InChI is InChI=1S/C12H20N6O2/c1-16(2)12(20)10-4-3-5-18(10)11(19)8-17-7-9(6-13)14-15-17/h7,10H,3-6,8,13H2,1-2H3. The average molecular weight is 280 g/mol. The van der Waals surface area contributed by atoms with Crippen LogP contribution in [0.15, 0.2) is 6.20 Å². The molecule has 2 N–H and O–H groups in total. The number of nitrogens with two attached hydrogens (primary N) is 1. The maximum Gasteiger partial charge on any atom is 0.245 e. The lowest BCUT2D eigenvalue weighted by Gasteiger charge is -2.26. The van der Waals surface area contributed by atoms with Gasteiger partial charge in [0, 0.05) is 27.2 Å². The Labute approximate surface area is 117 Å². The highest BCUT2D eigenvalue weighted by molar-refractivity contribution is 5.87. The molecule has 0 bridgehead atoms. The first kappa shape index (κ1) is 14.4. The van der Waals surface area contributed by atoms with Gasteiger partial charge in [-0.25, -0.2) is 4.68 Å². The Morgan fingerprint density at radius 1 is 1.50 bits per heavy atom. The SMILES string of the molecule is CN(C)C(=O)C1CCCN1C(=O)Cn1cc(CN)nn1. The second-order valence-electron chi connectivity index (χ2n) is 5.09. The lowest BCUT2D eigenvalue weighted by molar-refractivity contribution is -0.142. The van der Waals surface area contributed by atoms with E-state index in [0.717, 1.165) is 6.42 Å².